The van der Waals surface area contributed by atoms with Crippen LogP contribution in [0.1, 0.15) is 17.9 Å². The number of carbonyl (C=O) groups excluding carboxylic acids is 2. The van der Waals surface area contributed by atoms with Crippen molar-refractivity contribution >= 4 is 11.8 Å². The Hall–Kier alpha value is -1.72. The summed E-state index contributed by atoms with van der Waals surface area (Å²) in [5, 5.41) is 3.27. The van der Waals surface area contributed by atoms with Gasteiger partial charge in [-0.1, -0.05) is 30.3 Å². The molecule has 0 radical (unpaired) electrons. The Morgan fingerprint density at radius 1 is 1.25 bits per heavy atom. The van der Waals surface area contributed by atoms with Crippen molar-refractivity contribution in [3.8, 4) is 0 Å². The number of imide groups is 1. The first-order valence-corrected chi connectivity index (χ1v) is 6.96. The summed E-state index contributed by atoms with van der Waals surface area (Å²) >= 11 is 0. The monoisotopic (exact) mass is 274 g/mol. The molecule has 0 saturated carbocycles. The summed E-state index contributed by atoms with van der Waals surface area (Å²) in [6.07, 6.45) is 0.274. The molecule has 3 rings (SSSR count). The summed E-state index contributed by atoms with van der Waals surface area (Å²) in [4.78, 5) is 25.9. The van der Waals surface area contributed by atoms with Gasteiger partial charge in [-0.25, -0.2) is 0 Å². The van der Waals surface area contributed by atoms with E-state index in [4.69, 9.17) is 4.74 Å². The van der Waals surface area contributed by atoms with Crippen molar-refractivity contribution in [1.82, 2.24) is 10.2 Å². The van der Waals surface area contributed by atoms with Gasteiger partial charge in [-0.2, -0.15) is 0 Å². The maximum absolute atomic E-state index is 12.4. The average molecular weight is 274 g/mol. The number of amides is 2. The Balaban J connectivity index is 1.70. The molecule has 2 saturated heterocycles. The lowest BCUT2D eigenvalue weighted by molar-refractivity contribution is -0.139. The molecule has 1 N–H and O–H groups in total. The molecular formula is C15H18N2O3. The van der Waals surface area contributed by atoms with Gasteiger partial charge in [0.15, 0.2) is 0 Å². The Labute approximate surface area is 117 Å². The normalized spacial score (nSPS) is 27.1. The highest BCUT2D eigenvalue weighted by atomic mass is 16.5. The lowest BCUT2D eigenvalue weighted by atomic mass is 9.98. The average Bonchev–Trinajstić information content (AvgIpc) is 2.77. The fraction of sp³-hybridized carbons (Fsp3) is 0.467. The van der Waals surface area contributed by atoms with Gasteiger partial charge in [0.25, 0.3) is 0 Å². The Morgan fingerprint density at radius 2 is 2.05 bits per heavy atom. The van der Waals surface area contributed by atoms with Crippen LogP contribution < -0.4 is 5.32 Å². The molecular weight excluding hydrogens is 256 g/mol. The van der Waals surface area contributed by atoms with Crippen LogP contribution in [0.4, 0.5) is 0 Å². The van der Waals surface area contributed by atoms with Crippen molar-refractivity contribution in [2.24, 2.45) is 0 Å². The van der Waals surface area contributed by atoms with Gasteiger partial charge in [0.05, 0.1) is 19.1 Å². The Morgan fingerprint density at radius 3 is 2.75 bits per heavy atom. The summed E-state index contributed by atoms with van der Waals surface area (Å²) in [6, 6.07) is 9.55. The smallest absolute Gasteiger partial charge is 0.237 e. The second-order valence-electron chi connectivity index (χ2n) is 5.24. The molecule has 5 heteroatoms. The first-order chi connectivity index (χ1) is 9.75. The number of likely N-dealkylation sites (tertiary alicyclic amines) is 1. The van der Waals surface area contributed by atoms with E-state index in [1.165, 1.54) is 4.90 Å². The number of morpholine rings is 1. The summed E-state index contributed by atoms with van der Waals surface area (Å²) < 4.78 is 5.36. The highest BCUT2D eigenvalue weighted by Crippen LogP contribution is 2.29. The summed E-state index contributed by atoms with van der Waals surface area (Å²) in [5.74, 6) is -0.502. The van der Waals surface area contributed by atoms with E-state index in [-0.39, 0.29) is 30.2 Å². The number of nitrogens with zero attached hydrogens (tertiary/aromatic N) is 1. The number of rotatable bonds is 3. The second-order valence-corrected chi connectivity index (χ2v) is 5.24. The molecule has 0 spiro atoms. The molecule has 0 aromatic heterocycles. The minimum Gasteiger partial charge on any atom is -0.378 e. The van der Waals surface area contributed by atoms with Crippen LogP contribution in [0.5, 0.6) is 0 Å². The fourth-order valence-electron chi connectivity index (χ4n) is 2.78. The van der Waals surface area contributed by atoms with Crippen LogP contribution in [-0.2, 0) is 14.3 Å². The number of hydrogen-bond acceptors (Lipinski definition) is 4. The number of hydrogen-bond donors (Lipinski definition) is 1. The third-order valence-electron chi connectivity index (χ3n) is 3.85. The molecule has 0 aliphatic carbocycles. The molecule has 106 valence electrons. The summed E-state index contributed by atoms with van der Waals surface area (Å²) in [6.45, 7) is 2.40. The molecule has 2 fully saturated rings. The highest BCUT2D eigenvalue weighted by molar-refractivity contribution is 6.06. The Kier molecular flexibility index (Phi) is 3.80. The van der Waals surface area contributed by atoms with E-state index >= 15 is 0 Å². The molecule has 2 heterocycles. The maximum atomic E-state index is 12.4. The SMILES string of the molecule is O=C1CC(c2ccccc2)C(=O)N1CC1COCCN1. The minimum atomic E-state index is -0.326. The van der Waals surface area contributed by atoms with E-state index in [1.54, 1.807) is 0 Å². The van der Waals surface area contributed by atoms with Crippen LogP contribution in [0.25, 0.3) is 0 Å². The summed E-state index contributed by atoms with van der Waals surface area (Å²) in [5.41, 5.74) is 0.918. The van der Waals surface area contributed by atoms with Crippen molar-refractivity contribution in [3.63, 3.8) is 0 Å². The van der Waals surface area contributed by atoms with Gasteiger partial charge in [0, 0.05) is 25.6 Å². The lowest BCUT2D eigenvalue weighted by Gasteiger charge is -2.27. The molecule has 2 aliphatic rings. The van der Waals surface area contributed by atoms with E-state index in [0.717, 1.165) is 12.1 Å². The van der Waals surface area contributed by atoms with Crippen LogP contribution in [0.2, 0.25) is 0 Å². The van der Waals surface area contributed by atoms with E-state index in [2.05, 4.69) is 5.32 Å². The van der Waals surface area contributed by atoms with E-state index in [9.17, 15) is 9.59 Å². The molecule has 2 aliphatic heterocycles. The largest absolute Gasteiger partial charge is 0.378 e. The van der Waals surface area contributed by atoms with Crippen LogP contribution in [0, 0.1) is 0 Å². The number of nitrogens with one attached hydrogen (secondary N) is 1. The van der Waals surface area contributed by atoms with Gasteiger partial charge in [0.2, 0.25) is 11.8 Å². The third-order valence-corrected chi connectivity index (χ3v) is 3.85. The zero-order valence-electron chi connectivity index (χ0n) is 11.2. The standard InChI is InChI=1S/C15H18N2O3/c18-14-8-13(11-4-2-1-3-5-11)15(19)17(14)9-12-10-20-7-6-16-12/h1-5,12-13,16H,6-10H2. The van der Waals surface area contributed by atoms with Crippen molar-refractivity contribution in [2.45, 2.75) is 18.4 Å². The van der Waals surface area contributed by atoms with Crippen molar-refractivity contribution in [3.05, 3.63) is 35.9 Å². The molecule has 0 bridgehead atoms. The molecule has 1 aromatic carbocycles. The lowest BCUT2D eigenvalue weighted by Crippen LogP contribution is -2.49. The molecule has 5 nitrogen and oxygen atoms in total. The zero-order chi connectivity index (χ0) is 13.9. The van der Waals surface area contributed by atoms with Crippen molar-refractivity contribution in [2.75, 3.05) is 26.3 Å². The van der Waals surface area contributed by atoms with E-state index in [0.29, 0.717) is 19.8 Å². The fourth-order valence-corrected chi connectivity index (χ4v) is 2.78. The van der Waals surface area contributed by atoms with Gasteiger partial charge in [-0.3, -0.25) is 14.5 Å². The number of benzene rings is 1. The van der Waals surface area contributed by atoms with Crippen molar-refractivity contribution in [1.29, 1.82) is 0 Å². The highest BCUT2D eigenvalue weighted by Gasteiger charge is 2.40. The predicted molar refractivity (Wildman–Crippen MR) is 73.1 cm³/mol. The van der Waals surface area contributed by atoms with Crippen LogP contribution >= 0.6 is 0 Å². The van der Waals surface area contributed by atoms with Gasteiger partial charge in [-0.05, 0) is 5.56 Å². The number of carbonyl (C=O) groups is 2. The first-order valence-electron chi connectivity index (χ1n) is 6.96. The quantitative estimate of drug-likeness (QED) is 0.816. The molecule has 20 heavy (non-hydrogen) atoms. The van der Waals surface area contributed by atoms with E-state index in [1.807, 2.05) is 30.3 Å². The molecule has 2 unspecified atom stereocenters. The zero-order valence-corrected chi connectivity index (χ0v) is 11.2. The van der Waals surface area contributed by atoms with Gasteiger partial charge < -0.3 is 10.1 Å². The maximum Gasteiger partial charge on any atom is 0.237 e. The van der Waals surface area contributed by atoms with Crippen molar-refractivity contribution < 1.29 is 14.3 Å². The number of ether oxygens (including phenoxy) is 1. The molecule has 2 atom stereocenters. The summed E-state index contributed by atoms with van der Waals surface area (Å²) in [7, 11) is 0. The van der Waals surface area contributed by atoms with Gasteiger partial charge in [0.1, 0.15) is 0 Å². The van der Waals surface area contributed by atoms with Crippen LogP contribution in [-0.4, -0.2) is 49.1 Å². The van der Waals surface area contributed by atoms with Crippen LogP contribution in [0.15, 0.2) is 30.3 Å². The van der Waals surface area contributed by atoms with Gasteiger partial charge in [-0.15, -0.1) is 0 Å². The third kappa shape index (κ3) is 2.59. The van der Waals surface area contributed by atoms with Gasteiger partial charge >= 0.3 is 0 Å². The molecule has 2 amide bonds. The topological polar surface area (TPSA) is 58.6 Å². The molecule has 1 aromatic rings. The van der Waals surface area contributed by atoms with Crippen LogP contribution in [0.3, 0.4) is 0 Å². The second kappa shape index (κ2) is 5.73. The Bertz CT molecular complexity index is 497. The first kappa shape index (κ1) is 13.3. The predicted octanol–water partition coefficient (Wildman–Crippen LogP) is 0.517. The minimum absolute atomic E-state index is 0.0474. The van der Waals surface area contributed by atoms with E-state index < -0.39 is 0 Å².